The number of likely N-dealkylation sites (N-methyl/N-ethyl adjacent to an activating group) is 1. The van der Waals surface area contributed by atoms with Crippen LogP contribution in [0, 0.1) is 0 Å². The van der Waals surface area contributed by atoms with Gasteiger partial charge >= 0.3 is 0 Å². The highest BCUT2D eigenvalue weighted by Gasteiger charge is 2.33. The fraction of sp³-hybridized carbons (Fsp3) is 1.00. The molecule has 2 heterocycles. The molecule has 4 nitrogen and oxygen atoms in total. The Balaban J connectivity index is 1.76. The molecular formula is C10H20N2O2. The molecule has 2 aliphatic rings. The molecule has 3 atom stereocenters. The average Bonchev–Trinajstić information content (AvgIpc) is 2.46. The number of aliphatic hydroxyl groups is 1. The molecule has 2 saturated heterocycles. The van der Waals surface area contributed by atoms with Crippen molar-refractivity contribution >= 4 is 0 Å². The lowest BCUT2D eigenvalue weighted by Gasteiger charge is -2.33. The molecule has 2 rings (SSSR count). The van der Waals surface area contributed by atoms with E-state index in [2.05, 4.69) is 10.2 Å². The van der Waals surface area contributed by atoms with Crippen molar-refractivity contribution in [1.82, 2.24) is 10.2 Å². The first-order valence-corrected chi connectivity index (χ1v) is 5.48. The van der Waals surface area contributed by atoms with Gasteiger partial charge in [0.05, 0.1) is 18.3 Å². The van der Waals surface area contributed by atoms with Crippen LogP contribution in [0.2, 0.25) is 0 Å². The van der Waals surface area contributed by atoms with Gasteiger partial charge in [0, 0.05) is 26.2 Å². The molecule has 0 aromatic heterocycles. The molecule has 0 spiro atoms. The van der Waals surface area contributed by atoms with E-state index >= 15 is 0 Å². The second kappa shape index (κ2) is 4.57. The van der Waals surface area contributed by atoms with E-state index in [4.69, 9.17) is 4.74 Å². The summed E-state index contributed by atoms with van der Waals surface area (Å²) in [6.45, 7) is 3.44. The number of hydrogen-bond acceptors (Lipinski definition) is 4. The van der Waals surface area contributed by atoms with Crippen molar-refractivity contribution in [2.24, 2.45) is 0 Å². The highest BCUT2D eigenvalue weighted by molar-refractivity contribution is 4.85. The van der Waals surface area contributed by atoms with Gasteiger partial charge in [-0.3, -0.25) is 4.90 Å². The molecule has 0 aromatic rings. The number of hydrogen-bond donors (Lipinski definition) is 2. The zero-order valence-corrected chi connectivity index (χ0v) is 8.78. The minimum atomic E-state index is -0.252. The lowest BCUT2D eigenvalue weighted by molar-refractivity contribution is -0.0490. The number of fused-ring (bicyclic) bond motifs is 2. The van der Waals surface area contributed by atoms with Crippen LogP contribution in [0.25, 0.3) is 0 Å². The number of likely N-dealkylation sites (tertiary alicyclic amines) is 1. The van der Waals surface area contributed by atoms with Crippen molar-refractivity contribution in [2.75, 3.05) is 33.2 Å². The summed E-state index contributed by atoms with van der Waals surface area (Å²) in [6.07, 6.45) is 3.00. The molecule has 14 heavy (non-hydrogen) atoms. The summed E-state index contributed by atoms with van der Waals surface area (Å²) in [7, 11) is 1.87. The van der Waals surface area contributed by atoms with Crippen molar-refractivity contribution in [2.45, 2.75) is 31.2 Å². The second-order valence-electron chi connectivity index (χ2n) is 4.39. The Kier molecular flexibility index (Phi) is 3.38. The minimum absolute atomic E-state index is 0.252. The van der Waals surface area contributed by atoms with Crippen LogP contribution in [0.3, 0.4) is 0 Å². The summed E-state index contributed by atoms with van der Waals surface area (Å²) in [6, 6.07) is 0. The fourth-order valence-corrected chi connectivity index (χ4v) is 2.45. The number of rotatable bonds is 4. The van der Waals surface area contributed by atoms with E-state index in [1.807, 2.05) is 7.05 Å². The quantitative estimate of drug-likeness (QED) is 0.638. The van der Waals surface area contributed by atoms with Gasteiger partial charge in [0.15, 0.2) is 0 Å². The zero-order chi connectivity index (χ0) is 9.97. The van der Waals surface area contributed by atoms with Crippen molar-refractivity contribution in [1.29, 1.82) is 0 Å². The standard InChI is InChI=1S/C10H20N2O2/c1-11-4-8(13)5-12-6-9-2-3-10(7-12)14-9/h8-11,13H,2-7H2,1H3. The van der Waals surface area contributed by atoms with Crippen molar-refractivity contribution in [3.63, 3.8) is 0 Å². The summed E-state index contributed by atoms with van der Waals surface area (Å²) in [5.41, 5.74) is 0. The Morgan fingerprint density at radius 2 is 2.07 bits per heavy atom. The number of nitrogens with zero attached hydrogens (tertiary/aromatic N) is 1. The number of ether oxygens (including phenoxy) is 1. The van der Waals surface area contributed by atoms with E-state index in [0.717, 1.165) is 19.6 Å². The van der Waals surface area contributed by atoms with Gasteiger partial charge in [0.25, 0.3) is 0 Å². The monoisotopic (exact) mass is 200 g/mol. The Hall–Kier alpha value is -0.160. The summed E-state index contributed by atoms with van der Waals surface area (Å²) in [5, 5.41) is 12.6. The van der Waals surface area contributed by atoms with Crippen LogP contribution in [-0.2, 0) is 4.74 Å². The van der Waals surface area contributed by atoms with Crippen LogP contribution in [-0.4, -0.2) is 61.5 Å². The van der Waals surface area contributed by atoms with Crippen LogP contribution in [0.1, 0.15) is 12.8 Å². The van der Waals surface area contributed by atoms with E-state index in [0.29, 0.717) is 18.8 Å². The number of β-amino-alcohol motifs (C(OH)–C–C–N with tert-alkyl or cyclic N) is 1. The minimum Gasteiger partial charge on any atom is -0.390 e. The van der Waals surface area contributed by atoms with Gasteiger partial charge in [-0.05, 0) is 19.9 Å². The van der Waals surface area contributed by atoms with E-state index in [-0.39, 0.29) is 6.10 Å². The van der Waals surface area contributed by atoms with Crippen molar-refractivity contribution in [3.05, 3.63) is 0 Å². The van der Waals surface area contributed by atoms with Crippen LogP contribution >= 0.6 is 0 Å². The third-order valence-corrected chi connectivity index (χ3v) is 3.03. The van der Waals surface area contributed by atoms with Crippen molar-refractivity contribution in [3.8, 4) is 0 Å². The molecule has 2 fully saturated rings. The molecule has 2 bridgehead atoms. The topological polar surface area (TPSA) is 44.7 Å². The summed E-state index contributed by atoms with van der Waals surface area (Å²) < 4.78 is 5.73. The molecule has 0 aliphatic carbocycles. The van der Waals surface area contributed by atoms with Crippen LogP contribution in [0.15, 0.2) is 0 Å². The molecular weight excluding hydrogens is 180 g/mol. The maximum Gasteiger partial charge on any atom is 0.0791 e. The number of morpholine rings is 1. The van der Waals surface area contributed by atoms with Gasteiger partial charge in [0.2, 0.25) is 0 Å². The van der Waals surface area contributed by atoms with Crippen LogP contribution < -0.4 is 5.32 Å². The Morgan fingerprint density at radius 3 is 2.64 bits per heavy atom. The first-order valence-electron chi connectivity index (χ1n) is 5.48. The number of nitrogens with one attached hydrogen (secondary N) is 1. The molecule has 82 valence electrons. The third-order valence-electron chi connectivity index (χ3n) is 3.03. The molecule has 2 aliphatic heterocycles. The zero-order valence-electron chi connectivity index (χ0n) is 8.78. The number of aliphatic hydroxyl groups excluding tert-OH is 1. The summed E-state index contributed by atoms with van der Waals surface area (Å²) in [4.78, 5) is 2.33. The van der Waals surface area contributed by atoms with E-state index in [1.165, 1.54) is 12.8 Å². The van der Waals surface area contributed by atoms with Gasteiger partial charge in [-0.1, -0.05) is 0 Å². The fourth-order valence-electron chi connectivity index (χ4n) is 2.45. The Labute approximate surface area is 85.2 Å². The average molecular weight is 200 g/mol. The van der Waals surface area contributed by atoms with Gasteiger partial charge in [-0.15, -0.1) is 0 Å². The Bertz CT molecular complexity index is 177. The van der Waals surface area contributed by atoms with E-state index in [1.54, 1.807) is 0 Å². The maximum atomic E-state index is 9.65. The SMILES string of the molecule is CNCC(O)CN1CC2CCC(C1)O2. The highest BCUT2D eigenvalue weighted by atomic mass is 16.5. The predicted molar refractivity (Wildman–Crippen MR) is 54.3 cm³/mol. The van der Waals surface area contributed by atoms with Gasteiger partial charge in [-0.2, -0.15) is 0 Å². The molecule has 3 unspecified atom stereocenters. The molecule has 2 N–H and O–H groups in total. The van der Waals surface area contributed by atoms with E-state index < -0.39 is 0 Å². The molecule has 4 heteroatoms. The lowest BCUT2D eigenvalue weighted by Crippen LogP contribution is -2.47. The smallest absolute Gasteiger partial charge is 0.0791 e. The normalized spacial score (nSPS) is 34.7. The first kappa shape index (κ1) is 10.4. The third kappa shape index (κ3) is 2.45. The Morgan fingerprint density at radius 1 is 1.43 bits per heavy atom. The largest absolute Gasteiger partial charge is 0.390 e. The van der Waals surface area contributed by atoms with E-state index in [9.17, 15) is 5.11 Å². The second-order valence-corrected chi connectivity index (χ2v) is 4.39. The first-order chi connectivity index (χ1) is 6.78. The lowest BCUT2D eigenvalue weighted by atomic mass is 10.2. The molecule has 0 amide bonds. The molecule has 0 saturated carbocycles. The molecule has 0 aromatic carbocycles. The van der Waals surface area contributed by atoms with Crippen molar-refractivity contribution < 1.29 is 9.84 Å². The van der Waals surface area contributed by atoms with Crippen LogP contribution in [0.5, 0.6) is 0 Å². The summed E-state index contributed by atoms with van der Waals surface area (Å²) >= 11 is 0. The highest BCUT2D eigenvalue weighted by Crippen LogP contribution is 2.25. The molecule has 0 radical (unpaired) electrons. The maximum absolute atomic E-state index is 9.65. The predicted octanol–water partition coefficient (Wildman–Crippen LogP) is -0.570. The summed E-state index contributed by atoms with van der Waals surface area (Å²) in [5.74, 6) is 0. The van der Waals surface area contributed by atoms with Gasteiger partial charge < -0.3 is 15.2 Å². The van der Waals surface area contributed by atoms with Gasteiger partial charge in [-0.25, -0.2) is 0 Å². The van der Waals surface area contributed by atoms with Crippen LogP contribution in [0.4, 0.5) is 0 Å². The van der Waals surface area contributed by atoms with Gasteiger partial charge in [0.1, 0.15) is 0 Å².